The largest absolute Gasteiger partial charge is 0.440 e. The molecule has 1 aromatic carbocycles. The van der Waals surface area contributed by atoms with Gasteiger partial charge in [0.15, 0.2) is 5.44 Å². The van der Waals surface area contributed by atoms with Crippen LogP contribution < -0.4 is 5.44 Å². The summed E-state index contributed by atoms with van der Waals surface area (Å²) in [6, 6.07) is 9.37. The first-order valence-electron chi connectivity index (χ1n) is 5.35. The average molecular weight is 267 g/mol. The first kappa shape index (κ1) is 13.0. The van der Waals surface area contributed by atoms with Gasteiger partial charge in [-0.3, -0.25) is 4.57 Å². The van der Waals surface area contributed by atoms with Crippen LogP contribution in [-0.4, -0.2) is 19.2 Å². The lowest BCUT2D eigenvalue weighted by Crippen LogP contribution is -2.11. The predicted molar refractivity (Wildman–Crippen MR) is 67.9 cm³/mol. The van der Waals surface area contributed by atoms with Gasteiger partial charge in [-0.1, -0.05) is 18.2 Å². The minimum atomic E-state index is -3.38. The fraction of sp³-hybridized carbons (Fsp3) is 0.250. The molecule has 0 fully saturated rings. The minimum Gasteiger partial charge on any atom is -0.440 e. The number of hydrogen-bond acceptors (Lipinski definition) is 5. The Balaban J connectivity index is 2.48. The molecule has 2 rings (SSSR count). The number of aryl methyl sites for hydroxylation is 1. The predicted octanol–water partition coefficient (Wildman–Crippen LogP) is 2.76. The SMILES string of the molecule is COP(=O)(OC)c1nc(-c2ccccc2)oc1C. The fourth-order valence-corrected chi connectivity index (χ4v) is 2.73. The molecular formula is C12H14NO4P. The van der Waals surface area contributed by atoms with Crippen molar-refractivity contribution in [2.24, 2.45) is 0 Å². The Hall–Kier alpha value is -1.42. The summed E-state index contributed by atoms with van der Waals surface area (Å²) in [5, 5.41) is 0. The van der Waals surface area contributed by atoms with Crippen LogP contribution in [0.25, 0.3) is 11.5 Å². The van der Waals surface area contributed by atoms with Gasteiger partial charge in [0.25, 0.3) is 0 Å². The molecule has 1 aromatic heterocycles. The lowest BCUT2D eigenvalue weighted by molar-refractivity contribution is 0.286. The van der Waals surface area contributed by atoms with Crippen LogP contribution in [0.2, 0.25) is 0 Å². The third kappa shape index (κ3) is 2.25. The monoisotopic (exact) mass is 267 g/mol. The topological polar surface area (TPSA) is 61.6 Å². The summed E-state index contributed by atoms with van der Waals surface area (Å²) < 4.78 is 27.6. The standard InChI is InChI=1S/C12H14NO4P/c1-9-12(18(14,15-2)16-3)13-11(17-9)10-7-5-4-6-8-10/h4-8H,1-3H3. The fourth-order valence-electron chi connectivity index (χ4n) is 1.59. The first-order chi connectivity index (χ1) is 8.60. The summed E-state index contributed by atoms with van der Waals surface area (Å²) in [6.07, 6.45) is 0. The van der Waals surface area contributed by atoms with Crippen LogP contribution in [0.1, 0.15) is 5.76 Å². The molecule has 2 aromatic rings. The molecule has 0 atom stereocenters. The molecule has 0 aliphatic rings. The zero-order valence-corrected chi connectivity index (χ0v) is 11.3. The normalized spacial score (nSPS) is 11.7. The quantitative estimate of drug-likeness (QED) is 0.797. The van der Waals surface area contributed by atoms with Gasteiger partial charge in [-0.05, 0) is 19.1 Å². The van der Waals surface area contributed by atoms with Crippen molar-refractivity contribution in [1.82, 2.24) is 4.98 Å². The van der Waals surface area contributed by atoms with E-state index in [2.05, 4.69) is 4.98 Å². The van der Waals surface area contributed by atoms with E-state index in [1.165, 1.54) is 14.2 Å². The van der Waals surface area contributed by atoms with Gasteiger partial charge >= 0.3 is 7.60 Å². The van der Waals surface area contributed by atoms with Gasteiger partial charge in [-0.2, -0.15) is 0 Å². The summed E-state index contributed by atoms with van der Waals surface area (Å²) >= 11 is 0. The summed E-state index contributed by atoms with van der Waals surface area (Å²) in [7, 11) is -0.736. The second kappa shape index (κ2) is 5.06. The lowest BCUT2D eigenvalue weighted by Gasteiger charge is -2.10. The van der Waals surface area contributed by atoms with E-state index in [-0.39, 0.29) is 5.44 Å². The maximum atomic E-state index is 12.3. The van der Waals surface area contributed by atoms with Crippen LogP contribution in [-0.2, 0) is 13.6 Å². The van der Waals surface area contributed by atoms with Crippen LogP contribution in [0.3, 0.4) is 0 Å². The highest BCUT2D eigenvalue weighted by Crippen LogP contribution is 2.46. The molecule has 0 radical (unpaired) electrons. The van der Waals surface area contributed by atoms with Crippen molar-refractivity contribution in [2.45, 2.75) is 6.92 Å². The molecule has 0 bridgehead atoms. The Bertz CT molecular complexity index is 571. The first-order valence-corrected chi connectivity index (χ1v) is 6.90. The van der Waals surface area contributed by atoms with Gasteiger partial charge in [0.2, 0.25) is 5.89 Å². The van der Waals surface area contributed by atoms with Crippen LogP contribution in [0, 0.1) is 6.92 Å². The third-order valence-corrected chi connectivity index (χ3v) is 4.43. The lowest BCUT2D eigenvalue weighted by atomic mass is 10.2. The smallest absolute Gasteiger partial charge is 0.382 e. The highest BCUT2D eigenvalue weighted by atomic mass is 31.2. The van der Waals surface area contributed by atoms with Crippen molar-refractivity contribution in [3.8, 4) is 11.5 Å². The number of oxazole rings is 1. The van der Waals surface area contributed by atoms with Crippen molar-refractivity contribution >= 4 is 13.0 Å². The van der Waals surface area contributed by atoms with E-state index in [0.29, 0.717) is 11.7 Å². The highest BCUT2D eigenvalue weighted by Gasteiger charge is 2.32. The number of benzene rings is 1. The Kier molecular flexibility index (Phi) is 3.66. The van der Waals surface area contributed by atoms with Crippen molar-refractivity contribution in [1.29, 1.82) is 0 Å². The molecule has 0 N–H and O–H groups in total. The van der Waals surface area contributed by atoms with Crippen LogP contribution in [0.4, 0.5) is 0 Å². The maximum Gasteiger partial charge on any atom is 0.382 e. The second-order valence-corrected chi connectivity index (χ2v) is 5.78. The van der Waals surface area contributed by atoms with Crippen molar-refractivity contribution in [3.63, 3.8) is 0 Å². The molecule has 0 aliphatic heterocycles. The molecular weight excluding hydrogens is 253 g/mol. The molecule has 0 unspecified atom stereocenters. The van der Waals surface area contributed by atoms with Crippen LogP contribution in [0.5, 0.6) is 0 Å². The minimum absolute atomic E-state index is 0.214. The zero-order valence-electron chi connectivity index (χ0n) is 10.4. The van der Waals surface area contributed by atoms with Crippen LogP contribution >= 0.6 is 7.60 Å². The molecule has 0 saturated heterocycles. The Labute approximate surface area is 105 Å². The molecule has 96 valence electrons. The van der Waals surface area contributed by atoms with E-state index >= 15 is 0 Å². The van der Waals surface area contributed by atoms with Gasteiger partial charge in [0, 0.05) is 19.8 Å². The molecule has 0 spiro atoms. The Morgan fingerprint density at radius 3 is 2.33 bits per heavy atom. The van der Waals surface area contributed by atoms with Gasteiger partial charge in [0.1, 0.15) is 5.76 Å². The molecule has 0 aliphatic carbocycles. The highest BCUT2D eigenvalue weighted by molar-refractivity contribution is 7.62. The van der Waals surface area contributed by atoms with Crippen molar-refractivity contribution in [2.75, 3.05) is 14.2 Å². The van der Waals surface area contributed by atoms with Gasteiger partial charge in [-0.25, -0.2) is 4.98 Å². The van der Waals surface area contributed by atoms with Gasteiger partial charge < -0.3 is 13.5 Å². The van der Waals surface area contributed by atoms with E-state index in [1.807, 2.05) is 30.3 Å². The third-order valence-electron chi connectivity index (χ3n) is 2.53. The van der Waals surface area contributed by atoms with E-state index < -0.39 is 7.60 Å². The van der Waals surface area contributed by atoms with Gasteiger partial charge in [0.05, 0.1) is 0 Å². The molecule has 5 nitrogen and oxygen atoms in total. The van der Waals surface area contributed by atoms with Crippen molar-refractivity contribution in [3.05, 3.63) is 36.1 Å². The number of aromatic nitrogens is 1. The van der Waals surface area contributed by atoms with E-state index in [0.717, 1.165) is 5.56 Å². The summed E-state index contributed by atoms with van der Waals surface area (Å²) in [6.45, 7) is 1.68. The van der Waals surface area contributed by atoms with Crippen LogP contribution in [0.15, 0.2) is 34.7 Å². The average Bonchev–Trinajstić information content (AvgIpc) is 2.81. The van der Waals surface area contributed by atoms with Gasteiger partial charge in [-0.15, -0.1) is 0 Å². The molecule has 18 heavy (non-hydrogen) atoms. The second-order valence-electron chi connectivity index (χ2n) is 3.63. The van der Waals surface area contributed by atoms with Crippen molar-refractivity contribution < 1.29 is 18.0 Å². The Morgan fingerprint density at radius 1 is 1.17 bits per heavy atom. The number of rotatable bonds is 4. The van der Waals surface area contributed by atoms with E-state index in [4.69, 9.17) is 13.5 Å². The number of hydrogen-bond donors (Lipinski definition) is 0. The summed E-state index contributed by atoms with van der Waals surface area (Å²) in [4.78, 5) is 4.21. The Morgan fingerprint density at radius 2 is 1.78 bits per heavy atom. The maximum absolute atomic E-state index is 12.3. The number of nitrogens with zero attached hydrogens (tertiary/aromatic N) is 1. The summed E-state index contributed by atoms with van der Waals surface area (Å²) in [5.74, 6) is 0.832. The molecule has 6 heteroatoms. The van der Waals surface area contributed by atoms with E-state index in [1.54, 1.807) is 6.92 Å². The van der Waals surface area contributed by atoms with E-state index in [9.17, 15) is 4.57 Å². The molecule has 1 heterocycles. The summed E-state index contributed by atoms with van der Waals surface area (Å²) in [5.41, 5.74) is 1.02. The molecule has 0 saturated carbocycles. The zero-order chi connectivity index (χ0) is 13.2. The molecule has 0 amide bonds.